The third kappa shape index (κ3) is 3.47. The first-order valence-corrected chi connectivity index (χ1v) is 9.85. The molecule has 1 aromatic carbocycles. The Bertz CT molecular complexity index is 960. The van der Waals surface area contributed by atoms with Gasteiger partial charge >= 0.3 is 6.03 Å². The van der Waals surface area contributed by atoms with Crippen molar-refractivity contribution in [1.29, 1.82) is 0 Å². The molecule has 1 saturated heterocycles. The van der Waals surface area contributed by atoms with Crippen molar-refractivity contribution in [2.45, 2.75) is 13.5 Å². The first-order valence-electron chi connectivity index (χ1n) is 9.85. The number of aliphatic imine (C=N–C) groups is 1. The quantitative estimate of drug-likeness (QED) is 0.868. The van der Waals surface area contributed by atoms with Gasteiger partial charge in [-0.2, -0.15) is 0 Å². The highest BCUT2D eigenvalue weighted by atomic mass is 16.2. The van der Waals surface area contributed by atoms with Gasteiger partial charge in [0.2, 0.25) is 0 Å². The van der Waals surface area contributed by atoms with Crippen LogP contribution < -0.4 is 10.2 Å². The minimum Gasteiger partial charge on any atom is -0.326 e. The Labute approximate surface area is 169 Å². The summed E-state index contributed by atoms with van der Waals surface area (Å²) in [5.41, 5.74) is 2.00. The number of likely N-dealkylation sites (tertiary alicyclic amines) is 1. The van der Waals surface area contributed by atoms with E-state index in [4.69, 9.17) is 4.99 Å². The van der Waals surface area contributed by atoms with Crippen molar-refractivity contribution in [3.8, 4) is 0 Å². The smallest absolute Gasteiger partial charge is 0.326 e. The number of nitrogens with one attached hydrogen (secondary N) is 1. The monoisotopic (exact) mass is 389 g/mol. The number of aromatic nitrogens is 2. The fraction of sp³-hybridized carbons (Fsp3) is 0.333. The zero-order chi connectivity index (χ0) is 19.8. The summed E-state index contributed by atoms with van der Waals surface area (Å²) in [4.78, 5) is 32.1. The first-order chi connectivity index (χ1) is 14.2. The number of amides is 2. The molecule has 2 aromatic rings. The fourth-order valence-corrected chi connectivity index (χ4v) is 4.20. The Hall–Kier alpha value is -3.26. The van der Waals surface area contributed by atoms with Crippen LogP contribution in [-0.4, -0.2) is 51.4 Å². The number of urea groups is 1. The Morgan fingerprint density at radius 1 is 1.17 bits per heavy atom. The van der Waals surface area contributed by atoms with E-state index in [0.717, 1.165) is 36.9 Å². The molecule has 0 saturated carbocycles. The number of benzene rings is 1. The number of hydrogen-bond acceptors (Lipinski definition) is 6. The zero-order valence-corrected chi connectivity index (χ0v) is 16.3. The standard InChI is InChI=1S/C21H23N7O/c1-15-10-26(11-16-9-22-7-8-23-16)12-18(15)20-24-19-13-27(14-28(19)21(29)25-20)17-5-3-2-4-6-17/h2-9,13,15,18H,10-12,14H2,1H3,(H,24,25,29). The van der Waals surface area contributed by atoms with E-state index in [1.54, 1.807) is 23.5 Å². The topological polar surface area (TPSA) is 77.0 Å². The lowest BCUT2D eigenvalue weighted by molar-refractivity contribution is 0.216. The molecule has 0 aliphatic carbocycles. The second kappa shape index (κ2) is 7.29. The Balaban J connectivity index is 1.34. The lowest BCUT2D eigenvalue weighted by Gasteiger charge is -2.28. The summed E-state index contributed by atoms with van der Waals surface area (Å²) in [5, 5.41) is 3.03. The molecule has 2 unspecified atom stereocenters. The number of carbonyl (C=O) groups excluding carboxylic acids is 1. The molecule has 3 aliphatic rings. The number of anilines is 1. The summed E-state index contributed by atoms with van der Waals surface area (Å²) < 4.78 is 0. The predicted molar refractivity (Wildman–Crippen MR) is 110 cm³/mol. The van der Waals surface area contributed by atoms with Gasteiger partial charge in [0, 0.05) is 56.0 Å². The number of para-hydroxylation sites is 1. The average molecular weight is 389 g/mol. The molecule has 1 aromatic heterocycles. The van der Waals surface area contributed by atoms with E-state index in [1.807, 2.05) is 41.4 Å². The van der Waals surface area contributed by atoms with E-state index >= 15 is 0 Å². The van der Waals surface area contributed by atoms with Gasteiger partial charge in [-0.1, -0.05) is 25.1 Å². The zero-order valence-electron chi connectivity index (χ0n) is 16.3. The summed E-state index contributed by atoms with van der Waals surface area (Å²) in [6.07, 6.45) is 7.16. The molecule has 1 fully saturated rings. The maximum Gasteiger partial charge on any atom is 0.329 e. The Morgan fingerprint density at radius 2 is 2.03 bits per heavy atom. The molecular weight excluding hydrogens is 366 g/mol. The van der Waals surface area contributed by atoms with Crippen LogP contribution in [0.3, 0.4) is 0 Å². The highest BCUT2D eigenvalue weighted by Gasteiger charge is 2.39. The lowest BCUT2D eigenvalue weighted by Crippen LogP contribution is -2.49. The van der Waals surface area contributed by atoms with E-state index in [0.29, 0.717) is 18.4 Å². The molecule has 29 heavy (non-hydrogen) atoms. The van der Waals surface area contributed by atoms with Crippen LogP contribution in [0.15, 0.2) is 65.9 Å². The second-order valence-corrected chi connectivity index (χ2v) is 7.76. The van der Waals surface area contributed by atoms with Crippen LogP contribution in [0.4, 0.5) is 10.5 Å². The van der Waals surface area contributed by atoms with E-state index in [1.165, 1.54) is 0 Å². The van der Waals surface area contributed by atoms with Gasteiger partial charge in [-0.3, -0.25) is 25.1 Å². The summed E-state index contributed by atoms with van der Waals surface area (Å²) >= 11 is 0. The van der Waals surface area contributed by atoms with Crippen LogP contribution in [0.5, 0.6) is 0 Å². The summed E-state index contributed by atoms with van der Waals surface area (Å²) in [6.45, 7) is 5.22. The fourth-order valence-electron chi connectivity index (χ4n) is 4.20. The van der Waals surface area contributed by atoms with Crippen LogP contribution in [0.1, 0.15) is 12.6 Å². The van der Waals surface area contributed by atoms with Crippen LogP contribution in [0.2, 0.25) is 0 Å². The first kappa shape index (κ1) is 17.8. The molecule has 2 amide bonds. The van der Waals surface area contributed by atoms with E-state index in [2.05, 4.69) is 27.1 Å². The van der Waals surface area contributed by atoms with Crippen LogP contribution in [-0.2, 0) is 6.54 Å². The predicted octanol–water partition coefficient (Wildman–Crippen LogP) is 2.24. The van der Waals surface area contributed by atoms with Crippen LogP contribution in [0.25, 0.3) is 0 Å². The van der Waals surface area contributed by atoms with Gasteiger partial charge < -0.3 is 4.90 Å². The molecule has 8 nitrogen and oxygen atoms in total. The van der Waals surface area contributed by atoms with Crippen molar-refractivity contribution in [3.05, 3.63) is 66.6 Å². The largest absolute Gasteiger partial charge is 0.329 e. The molecule has 4 heterocycles. The highest BCUT2D eigenvalue weighted by Crippen LogP contribution is 2.30. The summed E-state index contributed by atoms with van der Waals surface area (Å²) in [7, 11) is 0. The van der Waals surface area contributed by atoms with Gasteiger partial charge in [-0.05, 0) is 18.1 Å². The van der Waals surface area contributed by atoms with Crippen LogP contribution >= 0.6 is 0 Å². The van der Waals surface area contributed by atoms with Crippen molar-refractivity contribution < 1.29 is 4.79 Å². The number of amidine groups is 1. The van der Waals surface area contributed by atoms with E-state index in [9.17, 15) is 4.79 Å². The van der Waals surface area contributed by atoms with E-state index < -0.39 is 0 Å². The van der Waals surface area contributed by atoms with Gasteiger partial charge in [0.15, 0.2) is 5.82 Å². The molecule has 8 heteroatoms. The molecular formula is C21H23N7O. The van der Waals surface area contributed by atoms with Gasteiger partial charge in [0.05, 0.1) is 5.69 Å². The summed E-state index contributed by atoms with van der Waals surface area (Å²) in [5.74, 6) is 2.04. The van der Waals surface area contributed by atoms with Gasteiger partial charge in [-0.15, -0.1) is 0 Å². The molecule has 0 radical (unpaired) electrons. The normalized spacial score (nSPS) is 24.2. The maximum atomic E-state index is 12.7. The maximum absolute atomic E-state index is 12.7. The van der Waals surface area contributed by atoms with Gasteiger partial charge in [-0.25, -0.2) is 9.79 Å². The SMILES string of the molecule is CC1CN(Cc2cnccn2)CC1C1=NC2=CN(c3ccccc3)CN2C(=O)N1. The highest BCUT2D eigenvalue weighted by molar-refractivity contribution is 6.02. The second-order valence-electron chi connectivity index (χ2n) is 7.76. The van der Waals surface area contributed by atoms with Crippen molar-refractivity contribution in [2.75, 3.05) is 24.7 Å². The Kier molecular flexibility index (Phi) is 4.48. The molecule has 0 bridgehead atoms. The van der Waals surface area contributed by atoms with E-state index in [-0.39, 0.29) is 11.9 Å². The number of carbonyl (C=O) groups is 1. The molecule has 5 rings (SSSR count). The van der Waals surface area contributed by atoms with Crippen LogP contribution in [0, 0.1) is 11.8 Å². The van der Waals surface area contributed by atoms with Gasteiger partial charge in [0.1, 0.15) is 12.5 Å². The number of fused-ring (bicyclic) bond motifs is 1. The van der Waals surface area contributed by atoms with Crippen molar-refractivity contribution in [3.63, 3.8) is 0 Å². The molecule has 0 spiro atoms. The minimum absolute atomic E-state index is 0.112. The average Bonchev–Trinajstić information content (AvgIpc) is 3.33. The molecule has 3 aliphatic heterocycles. The van der Waals surface area contributed by atoms with Gasteiger partial charge in [0.25, 0.3) is 0 Å². The summed E-state index contributed by atoms with van der Waals surface area (Å²) in [6, 6.07) is 9.91. The third-order valence-corrected chi connectivity index (χ3v) is 5.69. The molecule has 148 valence electrons. The number of hydrogen-bond donors (Lipinski definition) is 1. The van der Waals surface area contributed by atoms with Crippen molar-refractivity contribution >= 4 is 17.6 Å². The van der Waals surface area contributed by atoms with Crippen molar-refractivity contribution in [2.24, 2.45) is 16.8 Å². The third-order valence-electron chi connectivity index (χ3n) is 5.69. The number of rotatable bonds is 4. The molecule has 1 N–H and O–H groups in total. The minimum atomic E-state index is -0.112. The van der Waals surface area contributed by atoms with Crippen molar-refractivity contribution in [1.82, 2.24) is 25.1 Å². The molecule has 2 atom stereocenters. The number of nitrogens with zero attached hydrogens (tertiary/aromatic N) is 6. The lowest BCUT2D eigenvalue weighted by atomic mass is 9.96. The Morgan fingerprint density at radius 3 is 2.83 bits per heavy atom.